The molecule has 0 radical (unpaired) electrons. The summed E-state index contributed by atoms with van der Waals surface area (Å²) in [6, 6.07) is 5.41. The Balaban J connectivity index is 1.79. The molecule has 5 nitrogen and oxygen atoms in total. The second-order valence-electron chi connectivity index (χ2n) is 5.37. The predicted molar refractivity (Wildman–Crippen MR) is 82.6 cm³/mol. The summed E-state index contributed by atoms with van der Waals surface area (Å²) in [6.45, 7) is 0.516. The van der Waals surface area contributed by atoms with Gasteiger partial charge in [0.2, 0.25) is 0 Å². The summed E-state index contributed by atoms with van der Waals surface area (Å²) in [5.74, 6) is 0.622. The normalized spacial score (nSPS) is 22.0. The maximum absolute atomic E-state index is 12.0. The number of aromatic nitrogens is 2. The number of benzene rings is 1. The minimum atomic E-state index is -0.136. The maximum Gasteiger partial charge on any atom is 0.258 e. The summed E-state index contributed by atoms with van der Waals surface area (Å²) >= 11 is 5.96. The van der Waals surface area contributed by atoms with Gasteiger partial charge >= 0.3 is 0 Å². The molecule has 1 aromatic carbocycles. The molecule has 1 fully saturated rings. The van der Waals surface area contributed by atoms with Crippen molar-refractivity contribution in [3.05, 3.63) is 39.4 Å². The molecule has 21 heavy (non-hydrogen) atoms. The number of methoxy groups -OCH3 is 1. The van der Waals surface area contributed by atoms with Crippen LogP contribution in [0.5, 0.6) is 0 Å². The lowest BCUT2D eigenvalue weighted by Gasteiger charge is -2.19. The van der Waals surface area contributed by atoms with E-state index in [2.05, 4.69) is 15.3 Å². The van der Waals surface area contributed by atoms with Crippen LogP contribution < -0.4 is 10.9 Å². The Morgan fingerprint density at radius 3 is 3.14 bits per heavy atom. The highest BCUT2D eigenvalue weighted by molar-refractivity contribution is 6.31. The Morgan fingerprint density at radius 2 is 2.33 bits per heavy atom. The molecule has 112 valence electrons. The molecule has 0 aliphatic heterocycles. The van der Waals surface area contributed by atoms with Gasteiger partial charge in [0.1, 0.15) is 5.82 Å². The first-order chi connectivity index (χ1) is 10.2. The topological polar surface area (TPSA) is 67.0 Å². The number of fused-ring (bicyclic) bond motifs is 1. The maximum atomic E-state index is 12.0. The third kappa shape index (κ3) is 3.10. The first kappa shape index (κ1) is 14.5. The molecule has 2 atom stereocenters. The van der Waals surface area contributed by atoms with E-state index in [9.17, 15) is 4.79 Å². The fourth-order valence-electron chi connectivity index (χ4n) is 2.91. The number of nitrogens with one attached hydrogen (secondary N) is 2. The van der Waals surface area contributed by atoms with Crippen LogP contribution in [0.3, 0.4) is 0 Å². The molecule has 2 aromatic rings. The second-order valence-corrected chi connectivity index (χ2v) is 5.80. The van der Waals surface area contributed by atoms with Crippen LogP contribution in [0.1, 0.15) is 25.1 Å². The van der Waals surface area contributed by atoms with Crippen LogP contribution >= 0.6 is 11.6 Å². The average Bonchev–Trinajstić information content (AvgIpc) is 2.92. The Kier molecular flexibility index (Phi) is 4.24. The van der Waals surface area contributed by atoms with Crippen molar-refractivity contribution < 1.29 is 4.74 Å². The van der Waals surface area contributed by atoms with E-state index in [4.69, 9.17) is 16.3 Å². The zero-order valence-electron chi connectivity index (χ0n) is 11.9. The van der Waals surface area contributed by atoms with Crippen molar-refractivity contribution in [1.29, 1.82) is 0 Å². The summed E-state index contributed by atoms with van der Waals surface area (Å²) in [4.78, 5) is 19.3. The van der Waals surface area contributed by atoms with Gasteiger partial charge in [-0.15, -0.1) is 0 Å². The first-order valence-corrected chi connectivity index (χ1v) is 7.50. The molecule has 0 saturated heterocycles. The quantitative estimate of drug-likeness (QED) is 0.909. The van der Waals surface area contributed by atoms with Crippen LogP contribution in [0.15, 0.2) is 23.0 Å². The molecule has 1 saturated carbocycles. The van der Waals surface area contributed by atoms with Gasteiger partial charge in [0.05, 0.1) is 23.6 Å². The largest absolute Gasteiger partial charge is 0.380 e. The SMILES string of the molecule is COC1CCCC1NCc1nc2cc(Cl)ccc2c(=O)[nH]1. The van der Waals surface area contributed by atoms with Gasteiger partial charge < -0.3 is 15.0 Å². The molecule has 2 N–H and O–H groups in total. The molecule has 1 aliphatic rings. The van der Waals surface area contributed by atoms with Crippen molar-refractivity contribution in [2.45, 2.75) is 38.0 Å². The molecule has 2 unspecified atom stereocenters. The van der Waals surface area contributed by atoms with E-state index in [0.29, 0.717) is 34.3 Å². The molecular formula is C15H18ClN3O2. The summed E-state index contributed by atoms with van der Waals surface area (Å²) < 4.78 is 5.45. The Labute approximate surface area is 127 Å². The number of nitrogens with zero attached hydrogens (tertiary/aromatic N) is 1. The third-order valence-corrected chi connectivity index (χ3v) is 4.24. The number of hydrogen-bond acceptors (Lipinski definition) is 4. The molecular weight excluding hydrogens is 290 g/mol. The van der Waals surface area contributed by atoms with Crippen LogP contribution in [-0.2, 0) is 11.3 Å². The van der Waals surface area contributed by atoms with E-state index < -0.39 is 0 Å². The fourth-order valence-corrected chi connectivity index (χ4v) is 3.08. The number of aromatic amines is 1. The summed E-state index contributed by atoms with van der Waals surface area (Å²) in [5, 5.41) is 4.55. The van der Waals surface area contributed by atoms with E-state index in [1.54, 1.807) is 25.3 Å². The number of halogens is 1. The zero-order valence-corrected chi connectivity index (χ0v) is 12.6. The van der Waals surface area contributed by atoms with Crippen LogP contribution in [0.2, 0.25) is 5.02 Å². The van der Waals surface area contributed by atoms with Crippen LogP contribution in [0.4, 0.5) is 0 Å². The number of rotatable bonds is 4. The van der Waals surface area contributed by atoms with Gasteiger partial charge in [-0.2, -0.15) is 0 Å². The van der Waals surface area contributed by atoms with Gasteiger partial charge in [-0.05, 0) is 37.5 Å². The van der Waals surface area contributed by atoms with E-state index in [1.165, 1.54) is 0 Å². The van der Waals surface area contributed by atoms with E-state index >= 15 is 0 Å². The molecule has 1 heterocycles. The molecule has 6 heteroatoms. The van der Waals surface area contributed by atoms with Crippen LogP contribution in [-0.4, -0.2) is 29.2 Å². The zero-order chi connectivity index (χ0) is 14.8. The van der Waals surface area contributed by atoms with Crippen molar-refractivity contribution in [1.82, 2.24) is 15.3 Å². The van der Waals surface area contributed by atoms with Crippen molar-refractivity contribution in [2.75, 3.05) is 7.11 Å². The van der Waals surface area contributed by atoms with E-state index in [-0.39, 0.29) is 11.7 Å². The van der Waals surface area contributed by atoms with Gasteiger partial charge in [0.25, 0.3) is 5.56 Å². The summed E-state index contributed by atoms with van der Waals surface area (Å²) in [5.41, 5.74) is 0.487. The number of hydrogen-bond donors (Lipinski definition) is 2. The smallest absolute Gasteiger partial charge is 0.258 e. The number of H-pyrrole nitrogens is 1. The lowest BCUT2D eigenvalue weighted by atomic mass is 10.2. The fraction of sp³-hybridized carbons (Fsp3) is 0.467. The first-order valence-electron chi connectivity index (χ1n) is 7.12. The monoisotopic (exact) mass is 307 g/mol. The molecule has 1 aliphatic carbocycles. The van der Waals surface area contributed by atoms with Gasteiger partial charge in [-0.25, -0.2) is 4.98 Å². The lowest BCUT2D eigenvalue weighted by Crippen LogP contribution is -2.37. The van der Waals surface area contributed by atoms with Crippen LogP contribution in [0.25, 0.3) is 10.9 Å². The standard InChI is InChI=1S/C15H18ClN3O2/c1-21-13-4-2-3-11(13)17-8-14-18-12-7-9(16)5-6-10(12)15(20)19-14/h5-7,11,13,17H,2-4,8H2,1H3,(H,18,19,20). The number of ether oxygens (including phenoxy) is 1. The van der Waals surface area contributed by atoms with E-state index in [1.807, 2.05) is 0 Å². The minimum absolute atomic E-state index is 0.136. The summed E-state index contributed by atoms with van der Waals surface area (Å²) in [6.07, 6.45) is 3.56. The lowest BCUT2D eigenvalue weighted by molar-refractivity contribution is 0.0845. The summed E-state index contributed by atoms with van der Waals surface area (Å²) in [7, 11) is 1.74. The highest BCUT2D eigenvalue weighted by atomic mass is 35.5. The second kappa shape index (κ2) is 6.13. The van der Waals surface area contributed by atoms with Gasteiger partial charge in [-0.1, -0.05) is 11.6 Å². The molecule has 0 spiro atoms. The van der Waals surface area contributed by atoms with Crippen molar-refractivity contribution in [3.8, 4) is 0 Å². The van der Waals surface area contributed by atoms with Crippen LogP contribution in [0, 0.1) is 0 Å². The molecule has 1 aromatic heterocycles. The predicted octanol–water partition coefficient (Wildman–Crippen LogP) is 2.23. The van der Waals surface area contributed by atoms with Gasteiger partial charge in [0.15, 0.2) is 0 Å². The van der Waals surface area contributed by atoms with Gasteiger partial charge in [0, 0.05) is 18.2 Å². The van der Waals surface area contributed by atoms with Crippen molar-refractivity contribution in [2.24, 2.45) is 0 Å². The highest BCUT2D eigenvalue weighted by Gasteiger charge is 2.26. The van der Waals surface area contributed by atoms with E-state index in [0.717, 1.165) is 19.3 Å². The molecule has 0 bridgehead atoms. The average molecular weight is 308 g/mol. The molecule has 0 amide bonds. The third-order valence-electron chi connectivity index (χ3n) is 4.00. The Bertz CT molecular complexity index is 701. The highest BCUT2D eigenvalue weighted by Crippen LogP contribution is 2.21. The van der Waals surface area contributed by atoms with Crippen molar-refractivity contribution >= 4 is 22.5 Å². The van der Waals surface area contributed by atoms with Gasteiger partial charge in [-0.3, -0.25) is 4.79 Å². The van der Waals surface area contributed by atoms with Crippen molar-refractivity contribution in [3.63, 3.8) is 0 Å². The minimum Gasteiger partial charge on any atom is -0.380 e. The Morgan fingerprint density at radius 1 is 1.48 bits per heavy atom. The molecule has 3 rings (SSSR count). The Hall–Kier alpha value is -1.43.